The molecular weight excluding hydrogens is 643 g/mol. The molecular formula is C42H45FN4O4. The monoisotopic (exact) mass is 688 g/mol. The van der Waals surface area contributed by atoms with Gasteiger partial charge in [-0.25, -0.2) is 9.18 Å². The van der Waals surface area contributed by atoms with Crippen molar-refractivity contribution in [3.05, 3.63) is 125 Å². The average Bonchev–Trinajstić information content (AvgIpc) is 3.13. The zero-order valence-corrected chi connectivity index (χ0v) is 29.6. The van der Waals surface area contributed by atoms with Crippen LogP contribution in [0.15, 0.2) is 97.1 Å². The van der Waals surface area contributed by atoms with E-state index in [1.54, 1.807) is 24.1 Å². The largest absolute Gasteiger partial charge is 0.444 e. The fourth-order valence-corrected chi connectivity index (χ4v) is 6.46. The van der Waals surface area contributed by atoms with E-state index in [0.717, 1.165) is 35.2 Å². The summed E-state index contributed by atoms with van der Waals surface area (Å²) in [5.74, 6) is -0.718. The molecule has 1 atom stereocenters. The van der Waals surface area contributed by atoms with Gasteiger partial charge in [-0.3, -0.25) is 9.59 Å². The van der Waals surface area contributed by atoms with Crippen LogP contribution in [0.5, 0.6) is 0 Å². The second-order valence-corrected chi connectivity index (χ2v) is 14.2. The Morgan fingerprint density at radius 1 is 0.902 bits per heavy atom. The molecule has 0 saturated heterocycles. The van der Waals surface area contributed by atoms with Gasteiger partial charge in [0.05, 0.1) is 11.6 Å². The summed E-state index contributed by atoms with van der Waals surface area (Å²) >= 11 is 0. The molecule has 0 aliphatic heterocycles. The fourth-order valence-electron chi connectivity index (χ4n) is 6.46. The second-order valence-electron chi connectivity index (χ2n) is 14.2. The predicted octanol–water partition coefficient (Wildman–Crippen LogP) is 8.37. The van der Waals surface area contributed by atoms with Gasteiger partial charge in [-0.05, 0) is 124 Å². The molecule has 1 aliphatic carbocycles. The maximum Gasteiger partial charge on any atom is 0.407 e. The normalized spacial score (nSPS) is 16.3. The number of ether oxygens (including phenoxy) is 1. The van der Waals surface area contributed by atoms with Crippen molar-refractivity contribution >= 4 is 23.6 Å². The van der Waals surface area contributed by atoms with Crippen LogP contribution in [0, 0.1) is 29.0 Å². The molecule has 51 heavy (non-hydrogen) atoms. The first-order chi connectivity index (χ1) is 24.4. The topological polar surface area (TPSA) is 112 Å². The summed E-state index contributed by atoms with van der Waals surface area (Å²) < 4.78 is 19.9. The third-order valence-electron chi connectivity index (χ3n) is 9.24. The van der Waals surface area contributed by atoms with Gasteiger partial charge in [0.25, 0.3) is 5.91 Å². The van der Waals surface area contributed by atoms with E-state index in [-0.39, 0.29) is 29.2 Å². The van der Waals surface area contributed by atoms with Crippen LogP contribution in [-0.4, -0.2) is 37.1 Å². The number of hydrogen-bond acceptors (Lipinski definition) is 5. The highest BCUT2D eigenvalue weighted by Gasteiger charge is 2.29. The van der Waals surface area contributed by atoms with E-state index in [4.69, 9.17) is 4.74 Å². The summed E-state index contributed by atoms with van der Waals surface area (Å²) in [6.07, 6.45) is 2.98. The number of benzene rings is 4. The Bertz CT molecular complexity index is 1890. The van der Waals surface area contributed by atoms with E-state index in [2.05, 4.69) is 10.6 Å². The summed E-state index contributed by atoms with van der Waals surface area (Å²) in [5, 5.41) is 15.4. The number of hydrogen-bond donors (Lipinski definition) is 2. The quantitative estimate of drug-likeness (QED) is 0.174. The maximum atomic E-state index is 14.6. The van der Waals surface area contributed by atoms with Gasteiger partial charge in [0.1, 0.15) is 17.5 Å². The Labute approximate surface area is 299 Å². The third kappa shape index (κ3) is 10.0. The number of halogens is 1. The van der Waals surface area contributed by atoms with Gasteiger partial charge >= 0.3 is 6.09 Å². The first-order valence-corrected chi connectivity index (χ1v) is 17.4. The highest BCUT2D eigenvalue weighted by Crippen LogP contribution is 2.31. The summed E-state index contributed by atoms with van der Waals surface area (Å²) in [6, 6.07) is 30.4. The highest BCUT2D eigenvalue weighted by molar-refractivity contribution is 6.05. The molecule has 1 unspecified atom stereocenters. The zero-order valence-electron chi connectivity index (χ0n) is 29.6. The first kappa shape index (κ1) is 36.8. The van der Waals surface area contributed by atoms with Crippen LogP contribution in [0.2, 0.25) is 0 Å². The molecule has 2 N–H and O–H groups in total. The second kappa shape index (κ2) is 16.5. The van der Waals surface area contributed by atoms with Crippen LogP contribution in [0.1, 0.15) is 79.5 Å². The lowest BCUT2D eigenvalue weighted by molar-refractivity contribution is -0.127. The van der Waals surface area contributed by atoms with Gasteiger partial charge in [-0.2, -0.15) is 5.26 Å². The lowest BCUT2D eigenvalue weighted by Crippen LogP contribution is -2.39. The van der Waals surface area contributed by atoms with Crippen molar-refractivity contribution in [2.24, 2.45) is 11.8 Å². The molecule has 5 rings (SSSR count). The molecule has 1 saturated carbocycles. The minimum absolute atomic E-state index is 0.0253. The van der Waals surface area contributed by atoms with Crippen molar-refractivity contribution in [3.63, 3.8) is 0 Å². The van der Waals surface area contributed by atoms with Crippen LogP contribution in [0.3, 0.4) is 0 Å². The summed E-state index contributed by atoms with van der Waals surface area (Å²) in [5.41, 5.74) is 3.80. The van der Waals surface area contributed by atoms with Crippen LogP contribution in [0.4, 0.5) is 14.9 Å². The summed E-state index contributed by atoms with van der Waals surface area (Å²) in [4.78, 5) is 41.1. The van der Waals surface area contributed by atoms with Gasteiger partial charge in [-0.1, -0.05) is 54.6 Å². The van der Waals surface area contributed by atoms with E-state index >= 15 is 0 Å². The smallest absolute Gasteiger partial charge is 0.407 e. The van der Waals surface area contributed by atoms with Crippen molar-refractivity contribution in [1.82, 2.24) is 10.6 Å². The first-order valence-electron chi connectivity index (χ1n) is 17.4. The lowest BCUT2D eigenvalue weighted by Gasteiger charge is -2.30. The van der Waals surface area contributed by atoms with Crippen molar-refractivity contribution in [2.45, 2.75) is 64.5 Å². The standard InChI is InChI=1S/C42H45FN4O4/c1-42(2,3)51-41(50)45-27-28-16-18-30(19-17-28)39(48)46-38(33-12-9-11-31(24-33)32-20-21-35(26-44)37(43)25-32)23-29-10-8-13-34(22-29)40(49)47(4)36-14-6-5-7-15-36/h5-15,20-22,24-25,28,30,38H,16-19,23,27H2,1-4H3,(H,45,50)(H,46,48). The Morgan fingerprint density at radius 2 is 1.61 bits per heavy atom. The van der Waals surface area contributed by atoms with E-state index in [1.807, 2.05) is 99.6 Å². The zero-order chi connectivity index (χ0) is 36.5. The molecule has 1 fully saturated rings. The van der Waals surface area contributed by atoms with Gasteiger partial charge in [0.15, 0.2) is 0 Å². The Hall–Kier alpha value is -5.49. The molecule has 0 bridgehead atoms. The van der Waals surface area contributed by atoms with Gasteiger partial charge < -0.3 is 20.3 Å². The minimum atomic E-state index is -0.593. The molecule has 264 valence electrons. The van der Waals surface area contributed by atoms with E-state index in [0.29, 0.717) is 36.9 Å². The lowest BCUT2D eigenvalue weighted by atomic mass is 9.81. The number of nitrogens with zero attached hydrogens (tertiary/aromatic N) is 2. The number of carbonyl (C=O) groups is 3. The highest BCUT2D eigenvalue weighted by atomic mass is 19.1. The molecule has 3 amide bonds. The van der Waals surface area contributed by atoms with Gasteiger partial charge in [0, 0.05) is 30.8 Å². The van der Waals surface area contributed by atoms with Gasteiger partial charge in [0.2, 0.25) is 5.91 Å². The number of para-hydroxylation sites is 1. The predicted molar refractivity (Wildman–Crippen MR) is 196 cm³/mol. The molecule has 0 heterocycles. The van der Waals surface area contributed by atoms with Crippen LogP contribution in [0.25, 0.3) is 11.1 Å². The van der Waals surface area contributed by atoms with Crippen molar-refractivity contribution in [3.8, 4) is 17.2 Å². The van der Waals surface area contributed by atoms with Crippen LogP contribution in [-0.2, 0) is 16.0 Å². The molecule has 0 aromatic heterocycles. The minimum Gasteiger partial charge on any atom is -0.444 e. The molecule has 0 radical (unpaired) electrons. The Morgan fingerprint density at radius 3 is 2.29 bits per heavy atom. The summed E-state index contributed by atoms with van der Waals surface area (Å²) in [6.45, 7) is 5.98. The van der Waals surface area contributed by atoms with E-state index in [1.165, 1.54) is 12.1 Å². The Kier molecular flexibility index (Phi) is 11.9. The Balaban J connectivity index is 1.34. The van der Waals surface area contributed by atoms with Crippen molar-refractivity contribution < 1.29 is 23.5 Å². The summed E-state index contributed by atoms with van der Waals surface area (Å²) in [7, 11) is 1.74. The molecule has 9 heteroatoms. The number of nitriles is 1. The van der Waals surface area contributed by atoms with Crippen LogP contribution >= 0.6 is 0 Å². The fraction of sp³-hybridized carbons (Fsp3) is 0.333. The SMILES string of the molecule is CN(C(=O)c1cccc(CC(NC(=O)C2CCC(CNC(=O)OC(C)(C)C)CC2)c2cccc(-c3ccc(C#N)c(F)c3)c2)c1)c1ccccc1. The molecule has 4 aromatic rings. The number of anilines is 1. The third-order valence-corrected chi connectivity index (χ3v) is 9.24. The number of amides is 3. The number of nitrogens with one attached hydrogen (secondary N) is 2. The van der Waals surface area contributed by atoms with Crippen LogP contribution < -0.4 is 15.5 Å². The van der Waals surface area contributed by atoms with Gasteiger partial charge in [-0.15, -0.1) is 0 Å². The van der Waals surface area contributed by atoms with Crippen molar-refractivity contribution in [1.29, 1.82) is 5.26 Å². The van der Waals surface area contributed by atoms with E-state index < -0.39 is 23.6 Å². The maximum absolute atomic E-state index is 14.6. The molecule has 8 nitrogen and oxygen atoms in total. The number of alkyl carbamates (subject to hydrolysis) is 1. The van der Waals surface area contributed by atoms with E-state index in [9.17, 15) is 24.0 Å². The molecule has 4 aromatic carbocycles. The average molecular weight is 689 g/mol. The molecule has 1 aliphatic rings. The van der Waals surface area contributed by atoms with Crippen molar-refractivity contribution in [2.75, 3.05) is 18.5 Å². The molecule has 0 spiro atoms. The number of carbonyl (C=O) groups excluding carboxylic acids is 3. The number of rotatable bonds is 10.